The Kier molecular flexibility index (Phi) is 6.11. The van der Waals surface area contributed by atoms with Crippen molar-refractivity contribution in [1.82, 2.24) is 9.55 Å². The fourth-order valence-corrected chi connectivity index (χ4v) is 4.18. The molecule has 4 rings (SSSR count). The fraction of sp³-hybridized carbons (Fsp3) is 0.292. The van der Waals surface area contributed by atoms with Crippen molar-refractivity contribution in [3.05, 3.63) is 86.1 Å². The van der Waals surface area contributed by atoms with Crippen LogP contribution in [0.25, 0.3) is 0 Å². The van der Waals surface area contributed by atoms with Gasteiger partial charge in [-0.2, -0.15) is 0 Å². The molecule has 1 aliphatic carbocycles. The number of carbonyl (C=O) groups is 1. The lowest BCUT2D eigenvalue weighted by Crippen LogP contribution is -2.41. The average molecular weight is 434 g/mol. The lowest BCUT2D eigenvalue weighted by Gasteiger charge is -2.24. The Balaban J connectivity index is 1.56. The maximum atomic E-state index is 12.7. The van der Waals surface area contributed by atoms with Gasteiger partial charge in [-0.1, -0.05) is 36.4 Å². The largest absolute Gasteiger partial charge is 0.383 e. The number of hydrogen-bond donors (Lipinski definition) is 3. The number of hydrogen-bond acceptors (Lipinski definition) is 5. The van der Waals surface area contributed by atoms with Crippen molar-refractivity contribution < 1.29 is 4.79 Å². The summed E-state index contributed by atoms with van der Waals surface area (Å²) in [6.07, 6.45) is 3.24. The zero-order valence-electron chi connectivity index (χ0n) is 18.1. The van der Waals surface area contributed by atoms with Gasteiger partial charge in [0.15, 0.2) is 0 Å². The number of aromatic amines is 1. The number of amides is 1. The van der Waals surface area contributed by atoms with E-state index in [4.69, 9.17) is 5.73 Å². The summed E-state index contributed by atoms with van der Waals surface area (Å²) in [6, 6.07) is 15.3. The summed E-state index contributed by atoms with van der Waals surface area (Å²) in [5.41, 5.74) is 9.40. The summed E-state index contributed by atoms with van der Waals surface area (Å²) < 4.78 is 1.31. The number of rotatable bonds is 7. The molecular formula is C24H27N5O3. The third-order valence-corrected chi connectivity index (χ3v) is 5.81. The molecule has 8 heteroatoms. The molecule has 0 spiro atoms. The average Bonchev–Trinajstić information content (AvgIpc) is 3.24. The second-order valence-electron chi connectivity index (χ2n) is 7.96. The number of fused-ring (bicyclic) bond motifs is 1. The van der Waals surface area contributed by atoms with Crippen LogP contribution in [0, 0.1) is 0 Å². The summed E-state index contributed by atoms with van der Waals surface area (Å²) in [4.78, 5) is 41.7. The first-order chi connectivity index (χ1) is 15.5. The van der Waals surface area contributed by atoms with Gasteiger partial charge in [0.1, 0.15) is 11.5 Å². The topological polar surface area (TPSA) is 113 Å². The van der Waals surface area contributed by atoms with Crippen molar-refractivity contribution in [3.63, 3.8) is 0 Å². The van der Waals surface area contributed by atoms with E-state index < -0.39 is 11.2 Å². The number of carbonyl (C=O) groups excluding carboxylic acids is 1. The number of aryl methyl sites for hydroxylation is 2. The van der Waals surface area contributed by atoms with Crippen LogP contribution in [0.15, 0.2) is 58.1 Å². The van der Waals surface area contributed by atoms with Crippen LogP contribution >= 0.6 is 0 Å². The molecule has 3 aromatic rings. The maximum absolute atomic E-state index is 12.7. The van der Waals surface area contributed by atoms with E-state index in [1.807, 2.05) is 49.4 Å². The van der Waals surface area contributed by atoms with Gasteiger partial charge in [0.25, 0.3) is 5.56 Å². The van der Waals surface area contributed by atoms with Crippen molar-refractivity contribution in [2.75, 3.05) is 29.0 Å². The first-order valence-corrected chi connectivity index (χ1v) is 10.8. The lowest BCUT2D eigenvalue weighted by molar-refractivity contribution is -0.115. The number of nitrogens with one attached hydrogen (secondary N) is 2. The highest BCUT2D eigenvalue weighted by Gasteiger charge is 2.20. The van der Waals surface area contributed by atoms with E-state index in [9.17, 15) is 14.4 Å². The predicted octanol–water partition coefficient (Wildman–Crippen LogP) is 2.12. The molecule has 1 amide bonds. The van der Waals surface area contributed by atoms with Crippen LogP contribution in [0.3, 0.4) is 0 Å². The monoisotopic (exact) mass is 433 g/mol. The summed E-state index contributed by atoms with van der Waals surface area (Å²) in [6.45, 7) is 2.35. The van der Waals surface area contributed by atoms with Crippen LogP contribution < -0.4 is 27.2 Å². The summed E-state index contributed by atoms with van der Waals surface area (Å²) in [7, 11) is 0. The van der Waals surface area contributed by atoms with Gasteiger partial charge in [-0.05, 0) is 55.0 Å². The van der Waals surface area contributed by atoms with Gasteiger partial charge >= 0.3 is 5.69 Å². The molecule has 1 heterocycles. The SMILES string of the molecule is CCN(CC(=O)Nc1ccc2c(c1)CCC2)c1c(N)n(Cc2ccccc2)c(=O)[nH]c1=O. The van der Waals surface area contributed by atoms with E-state index in [1.54, 1.807) is 4.90 Å². The standard InChI is InChI=1S/C24H27N5O3/c1-2-28(15-20(30)26-19-12-11-17-9-6-10-18(17)13-19)21-22(25)29(24(32)27-23(21)31)14-16-7-4-3-5-8-16/h3-5,7-8,11-13H,2,6,9-10,14-15,25H2,1H3,(H,26,30)(H,27,31,32). The third-order valence-electron chi connectivity index (χ3n) is 5.81. The van der Waals surface area contributed by atoms with Crippen molar-refractivity contribution in [2.24, 2.45) is 0 Å². The number of anilines is 3. The van der Waals surface area contributed by atoms with Crippen LogP contribution in [0.1, 0.15) is 30.0 Å². The first-order valence-electron chi connectivity index (χ1n) is 10.8. The number of benzene rings is 2. The van der Waals surface area contributed by atoms with Crippen molar-refractivity contribution in [2.45, 2.75) is 32.7 Å². The number of aromatic nitrogens is 2. The lowest BCUT2D eigenvalue weighted by atomic mass is 10.1. The van der Waals surface area contributed by atoms with E-state index in [0.29, 0.717) is 6.54 Å². The molecule has 0 unspecified atom stereocenters. The van der Waals surface area contributed by atoms with Gasteiger partial charge in [-0.3, -0.25) is 19.1 Å². The summed E-state index contributed by atoms with van der Waals surface area (Å²) in [5, 5.41) is 2.91. The van der Waals surface area contributed by atoms with Gasteiger partial charge < -0.3 is 16.0 Å². The Morgan fingerprint density at radius 2 is 1.88 bits per heavy atom. The van der Waals surface area contributed by atoms with Gasteiger partial charge in [0.05, 0.1) is 13.1 Å². The van der Waals surface area contributed by atoms with E-state index in [2.05, 4.69) is 16.4 Å². The highest BCUT2D eigenvalue weighted by Crippen LogP contribution is 2.25. The van der Waals surface area contributed by atoms with Crippen LogP contribution in [-0.4, -0.2) is 28.5 Å². The Morgan fingerprint density at radius 3 is 2.62 bits per heavy atom. The van der Waals surface area contributed by atoms with Gasteiger partial charge in [0.2, 0.25) is 5.91 Å². The normalized spacial score (nSPS) is 12.4. The molecule has 0 radical (unpaired) electrons. The summed E-state index contributed by atoms with van der Waals surface area (Å²) in [5.74, 6) is -0.223. The summed E-state index contributed by atoms with van der Waals surface area (Å²) >= 11 is 0. The smallest absolute Gasteiger partial charge is 0.330 e. The molecule has 0 aliphatic heterocycles. The van der Waals surface area contributed by atoms with E-state index in [-0.39, 0.29) is 30.5 Å². The van der Waals surface area contributed by atoms with Gasteiger partial charge in [0, 0.05) is 12.2 Å². The Bertz CT molecular complexity index is 1250. The van der Waals surface area contributed by atoms with Crippen molar-refractivity contribution >= 4 is 23.1 Å². The Morgan fingerprint density at radius 1 is 1.12 bits per heavy atom. The van der Waals surface area contributed by atoms with Crippen LogP contribution in [-0.2, 0) is 24.2 Å². The minimum Gasteiger partial charge on any atom is -0.383 e. The fourth-order valence-electron chi connectivity index (χ4n) is 4.18. The Labute approximate surface area is 185 Å². The van der Waals surface area contributed by atoms with Gasteiger partial charge in [-0.15, -0.1) is 0 Å². The highest BCUT2D eigenvalue weighted by molar-refractivity contribution is 5.94. The number of likely N-dealkylation sites (N-methyl/N-ethyl adjacent to an activating group) is 1. The van der Waals surface area contributed by atoms with Crippen molar-refractivity contribution in [3.8, 4) is 0 Å². The number of H-pyrrole nitrogens is 1. The molecule has 0 saturated carbocycles. The quantitative estimate of drug-likeness (QED) is 0.528. The molecule has 166 valence electrons. The minimum atomic E-state index is -0.607. The second-order valence-corrected chi connectivity index (χ2v) is 7.96. The molecular weight excluding hydrogens is 406 g/mol. The zero-order valence-corrected chi connectivity index (χ0v) is 18.1. The maximum Gasteiger partial charge on any atom is 0.330 e. The highest BCUT2D eigenvalue weighted by atomic mass is 16.2. The molecule has 0 bridgehead atoms. The molecule has 0 saturated heterocycles. The van der Waals surface area contributed by atoms with Crippen molar-refractivity contribution in [1.29, 1.82) is 0 Å². The second kappa shape index (κ2) is 9.13. The molecule has 2 aromatic carbocycles. The number of nitrogens with zero attached hydrogens (tertiary/aromatic N) is 2. The molecule has 8 nitrogen and oxygen atoms in total. The van der Waals surface area contributed by atoms with E-state index in [1.165, 1.54) is 15.7 Å². The molecule has 0 fully saturated rings. The number of nitrogen functional groups attached to an aromatic ring is 1. The van der Waals surface area contributed by atoms with Crippen LogP contribution in [0.2, 0.25) is 0 Å². The van der Waals surface area contributed by atoms with Crippen LogP contribution in [0.4, 0.5) is 17.2 Å². The van der Waals surface area contributed by atoms with Gasteiger partial charge in [-0.25, -0.2) is 4.79 Å². The minimum absolute atomic E-state index is 0.0368. The third kappa shape index (κ3) is 4.44. The molecule has 4 N–H and O–H groups in total. The molecule has 0 atom stereocenters. The molecule has 1 aliphatic rings. The molecule has 32 heavy (non-hydrogen) atoms. The van der Waals surface area contributed by atoms with Crippen LogP contribution in [0.5, 0.6) is 0 Å². The number of nitrogens with two attached hydrogens (primary N) is 1. The van der Waals surface area contributed by atoms with E-state index >= 15 is 0 Å². The Hall–Kier alpha value is -3.81. The predicted molar refractivity (Wildman–Crippen MR) is 126 cm³/mol. The first kappa shape index (κ1) is 21.4. The zero-order chi connectivity index (χ0) is 22.7. The van der Waals surface area contributed by atoms with E-state index in [0.717, 1.165) is 30.5 Å². The molecule has 1 aromatic heterocycles.